The smallest absolute Gasteiger partial charge is 0.139 e. The molecule has 0 aromatic rings. The number of unbranched alkanes of at least 4 members (excludes halogenated alkanes) is 7. The Morgan fingerprint density at radius 3 is 1.95 bits per heavy atom. The molecule has 1 fully saturated rings. The predicted molar refractivity (Wildman–Crippen MR) is 92.6 cm³/mol. The number of hydrogen-bond donors (Lipinski definition) is 0. The molecule has 124 valence electrons. The monoisotopic (exact) mass is 294 g/mol. The third-order valence-corrected chi connectivity index (χ3v) is 5.21. The Balaban J connectivity index is 2.16. The summed E-state index contributed by atoms with van der Waals surface area (Å²) in [6.45, 7) is 6.80. The molecule has 0 heterocycles. The van der Waals surface area contributed by atoms with Crippen LogP contribution in [0.2, 0.25) is 0 Å². The number of ketones is 1. The van der Waals surface area contributed by atoms with Crippen molar-refractivity contribution in [3.05, 3.63) is 0 Å². The van der Waals surface area contributed by atoms with Crippen molar-refractivity contribution in [1.82, 2.24) is 0 Å². The van der Waals surface area contributed by atoms with Crippen LogP contribution in [0.4, 0.5) is 0 Å². The van der Waals surface area contributed by atoms with E-state index in [1.54, 1.807) is 0 Å². The Kier molecular flexibility index (Phi) is 9.27. The first-order valence-electron chi connectivity index (χ1n) is 9.64. The molecule has 0 atom stereocenters. The quantitative estimate of drug-likeness (QED) is 0.366. The van der Waals surface area contributed by atoms with Gasteiger partial charge in [0.25, 0.3) is 0 Å². The van der Waals surface area contributed by atoms with E-state index >= 15 is 0 Å². The summed E-state index contributed by atoms with van der Waals surface area (Å²) < 4.78 is 0. The lowest BCUT2D eigenvalue weighted by Gasteiger charge is -2.29. The van der Waals surface area contributed by atoms with Crippen LogP contribution in [0.15, 0.2) is 0 Å². The van der Waals surface area contributed by atoms with Crippen molar-refractivity contribution in [2.24, 2.45) is 11.3 Å². The van der Waals surface area contributed by atoms with Crippen LogP contribution >= 0.6 is 0 Å². The van der Waals surface area contributed by atoms with Crippen molar-refractivity contribution >= 4 is 5.78 Å². The van der Waals surface area contributed by atoms with Crippen LogP contribution < -0.4 is 0 Å². The van der Waals surface area contributed by atoms with E-state index in [-0.39, 0.29) is 5.41 Å². The van der Waals surface area contributed by atoms with Crippen LogP contribution in [-0.2, 0) is 4.79 Å². The molecule has 0 spiro atoms. The van der Waals surface area contributed by atoms with Gasteiger partial charge in [-0.25, -0.2) is 0 Å². The van der Waals surface area contributed by atoms with Crippen molar-refractivity contribution < 1.29 is 4.79 Å². The molecule has 0 radical (unpaired) electrons. The molecule has 1 rings (SSSR count). The molecule has 0 aromatic heterocycles. The molecule has 0 amide bonds. The van der Waals surface area contributed by atoms with Crippen LogP contribution in [0.25, 0.3) is 0 Å². The van der Waals surface area contributed by atoms with Gasteiger partial charge in [0.1, 0.15) is 5.78 Å². The molecule has 21 heavy (non-hydrogen) atoms. The topological polar surface area (TPSA) is 17.1 Å². The van der Waals surface area contributed by atoms with Crippen molar-refractivity contribution in [2.45, 2.75) is 111 Å². The van der Waals surface area contributed by atoms with Crippen LogP contribution in [0.5, 0.6) is 0 Å². The van der Waals surface area contributed by atoms with Crippen LogP contribution in [0, 0.1) is 11.3 Å². The normalized spacial score (nSPS) is 17.5. The molecule has 0 bridgehead atoms. The van der Waals surface area contributed by atoms with E-state index in [4.69, 9.17) is 0 Å². The minimum atomic E-state index is 0.0787. The number of hydrogen-bond acceptors (Lipinski definition) is 1. The first-order chi connectivity index (χ1) is 10.1. The van der Waals surface area contributed by atoms with Crippen molar-refractivity contribution in [2.75, 3.05) is 0 Å². The summed E-state index contributed by atoms with van der Waals surface area (Å²) in [5, 5.41) is 0. The summed E-state index contributed by atoms with van der Waals surface area (Å²) in [5.74, 6) is 1.25. The van der Waals surface area contributed by atoms with Gasteiger partial charge in [-0.1, -0.05) is 78.6 Å². The number of carbonyl (C=O) groups is 1. The van der Waals surface area contributed by atoms with Gasteiger partial charge in [-0.3, -0.25) is 4.79 Å². The van der Waals surface area contributed by atoms with E-state index in [9.17, 15) is 4.79 Å². The number of Topliss-reactive ketones (excluding diaryl/α,β-unsaturated/α-hetero) is 1. The van der Waals surface area contributed by atoms with E-state index in [1.807, 2.05) is 0 Å². The van der Waals surface area contributed by atoms with Gasteiger partial charge in [0.2, 0.25) is 0 Å². The Morgan fingerprint density at radius 2 is 1.43 bits per heavy atom. The highest BCUT2D eigenvalue weighted by atomic mass is 16.1. The summed E-state index contributed by atoms with van der Waals surface area (Å²) in [6, 6.07) is 0. The highest BCUT2D eigenvalue weighted by Crippen LogP contribution is 2.44. The van der Waals surface area contributed by atoms with Crippen LogP contribution in [-0.4, -0.2) is 5.78 Å². The van der Waals surface area contributed by atoms with E-state index in [1.165, 1.54) is 70.6 Å². The third kappa shape index (κ3) is 6.98. The average Bonchev–Trinajstić information content (AvgIpc) is 2.90. The highest BCUT2D eigenvalue weighted by molar-refractivity contribution is 5.85. The van der Waals surface area contributed by atoms with Gasteiger partial charge >= 0.3 is 0 Å². The number of rotatable bonds is 12. The Hall–Kier alpha value is -0.330. The zero-order valence-electron chi connectivity index (χ0n) is 14.9. The SMILES string of the molecule is CCCCCCCCCCC(=O)C1(CC(C)C)CCCC1. The fourth-order valence-corrected chi connectivity index (χ4v) is 4.11. The number of carbonyl (C=O) groups excluding carboxylic acids is 1. The lowest BCUT2D eigenvalue weighted by molar-refractivity contribution is -0.129. The average molecular weight is 295 g/mol. The van der Waals surface area contributed by atoms with Gasteiger partial charge < -0.3 is 0 Å². The molecular weight excluding hydrogens is 256 g/mol. The second-order valence-corrected chi connectivity index (χ2v) is 7.73. The van der Waals surface area contributed by atoms with Crippen molar-refractivity contribution in [3.8, 4) is 0 Å². The molecule has 0 aromatic carbocycles. The maximum Gasteiger partial charge on any atom is 0.139 e. The van der Waals surface area contributed by atoms with Gasteiger partial charge in [0.05, 0.1) is 0 Å². The lowest BCUT2D eigenvalue weighted by Crippen LogP contribution is -2.29. The summed E-state index contributed by atoms with van der Waals surface area (Å²) in [6.07, 6.45) is 17.4. The zero-order chi connectivity index (χ0) is 15.6. The van der Waals surface area contributed by atoms with Gasteiger partial charge in [0.15, 0.2) is 0 Å². The molecular formula is C20H38O. The third-order valence-electron chi connectivity index (χ3n) is 5.21. The summed E-state index contributed by atoms with van der Waals surface area (Å²) in [5.41, 5.74) is 0.0787. The summed E-state index contributed by atoms with van der Waals surface area (Å²) in [7, 11) is 0. The van der Waals surface area contributed by atoms with Crippen LogP contribution in [0.1, 0.15) is 111 Å². The molecule has 1 nitrogen and oxygen atoms in total. The largest absolute Gasteiger partial charge is 0.299 e. The molecule has 0 N–H and O–H groups in total. The molecule has 0 saturated heterocycles. The van der Waals surface area contributed by atoms with E-state index < -0.39 is 0 Å². The summed E-state index contributed by atoms with van der Waals surface area (Å²) >= 11 is 0. The molecule has 0 unspecified atom stereocenters. The maximum absolute atomic E-state index is 12.7. The Morgan fingerprint density at radius 1 is 0.905 bits per heavy atom. The fraction of sp³-hybridized carbons (Fsp3) is 0.950. The zero-order valence-corrected chi connectivity index (χ0v) is 14.9. The molecule has 0 aliphatic heterocycles. The van der Waals surface area contributed by atoms with Crippen molar-refractivity contribution in [1.29, 1.82) is 0 Å². The van der Waals surface area contributed by atoms with E-state index in [0.717, 1.165) is 19.3 Å². The van der Waals surface area contributed by atoms with E-state index in [0.29, 0.717) is 11.7 Å². The molecule has 1 saturated carbocycles. The van der Waals surface area contributed by atoms with E-state index in [2.05, 4.69) is 20.8 Å². The Labute approximate surface area is 133 Å². The minimum absolute atomic E-state index is 0.0787. The fourth-order valence-electron chi connectivity index (χ4n) is 4.11. The van der Waals surface area contributed by atoms with Gasteiger partial charge in [0, 0.05) is 11.8 Å². The Bertz CT molecular complexity index is 274. The molecule has 1 aliphatic rings. The predicted octanol–water partition coefficient (Wildman–Crippen LogP) is 6.69. The highest BCUT2D eigenvalue weighted by Gasteiger charge is 2.40. The maximum atomic E-state index is 12.7. The summed E-state index contributed by atoms with van der Waals surface area (Å²) in [4.78, 5) is 12.7. The van der Waals surface area contributed by atoms with Gasteiger partial charge in [-0.15, -0.1) is 0 Å². The lowest BCUT2D eigenvalue weighted by atomic mass is 9.73. The molecule has 1 aliphatic carbocycles. The second kappa shape index (κ2) is 10.4. The first-order valence-corrected chi connectivity index (χ1v) is 9.64. The second-order valence-electron chi connectivity index (χ2n) is 7.73. The molecule has 1 heteroatoms. The van der Waals surface area contributed by atoms with Gasteiger partial charge in [-0.05, 0) is 31.6 Å². The first kappa shape index (κ1) is 18.7. The standard InChI is InChI=1S/C20H38O/c1-4-5-6-7-8-9-10-11-14-19(21)20(17-18(2)3)15-12-13-16-20/h18H,4-17H2,1-3H3. The minimum Gasteiger partial charge on any atom is -0.299 e. The van der Waals surface area contributed by atoms with Crippen LogP contribution in [0.3, 0.4) is 0 Å². The van der Waals surface area contributed by atoms with Gasteiger partial charge in [-0.2, -0.15) is 0 Å². The van der Waals surface area contributed by atoms with Crippen molar-refractivity contribution in [3.63, 3.8) is 0 Å².